The van der Waals surface area contributed by atoms with E-state index in [0.29, 0.717) is 13.0 Å². The summed E-state index contributed by atoms with van der Waals surface area (Å²) < 4.78 is 5.57. The van der Waals surface area contributed by atoms with Gasteiger partial charge in [-0.05, 0) is 41.0 Å². The number of β-amino-alcohol motifs (C(OH)–C–C–N with tert-alkyl or cyclic N) is 1. The highest BCUT2D eigenvalue weighted by molar-refractivity contribution is 5.87. The lowest BCUT2D eigenvalue weighted by molar-refractivity contribution is -0.167. The fourth-order valence-electron chi connectivity index (χ4n) is 4.88. The van der Waals surface area contributed by atoms with Gasteiger partial charge in [0.1, 0.15) is 12.6 Å². The second-order valence-corrected chi connectivity index (χ2v) is 9.39. The number of fused-ring (bicyclic) bond motifs is 3. The van der Waals surface area contributed by atoms with E-state index in [1.807, 2.05) is 36.4 Å². The highest BCUT2D eigenvalue weighted by atomic mass is 16.5. The average Bonchev–Trinajstić information content (AvgIpc) is 3.14. The van der Waals surface area contributed by atoms with Crippen LogP contribution in [0.25, 0.3) is 11.1 Å². The van der Waals surface area contributed by atoms with Gasteiger partial charge in [0.25, 0.3) is 0 Å². The molecule has 8 nitrogen and oxygen atoms in total. The van der Waals surface area contributed by atoms with Crippen LogP contribution >= 0.6 is 0 Å². The first-order valence-corrected chi connectivity index (χ1v) is 11.6. The van der Waals surface area contributed by atoms with Gasteiger partial charge in [0.2, 0.25) is 5.91 Å². The quantitative estimate of drug-likeness (QED) is 0.603. The number of piperidine rings is 1. The molecule has 1 aliphatic carbocycles. The SMILES string of the molecule is CC(C)[C@H](NC(=O)OCC1c2ccccc2-c2ccccc21)C(=O)N1CCCC(O)(C(=O)O)C1. The van der Waals surface area contributed by atoms with Crippen molar-refractivity contribution in [1.29, 1.82) is 0 Å². The number of hydrogen-bond donors (Lipinski definition) is 3. The molecule has 4 rings (SSSR count). The number of benzene rings is 2. The van der Waals surface area contributed by atoms with Crippen molar-refractivity contribution >= 4 is 18.0 Å². The highest BCUT2D eigenvalue weighted by Crippen LogP contribution is 2.44. The Labute approximate surface area is 198 Å². The number of aliphatic hydroxyl groups is 1. The summed E-state index contributed by atoms with van der Waals surface area (Å²) >= 11 is 0. The van der Waals surface area contributed by atoms with Crippen LogP contribution < -0.4 is 5.32 Å². The van der Waals surface area contributed by atoms with Crippen LogP contribution in [0.15, 0.2) is 48.5 Å². The van der Waals surface area contributed by atoms with E-state index in [4.69, 9.17) is 4.74 Å². The van der Waals surface area contributed by atoms with Gasteiger partial charge in [-0.25, -0.2) is 9.59 Å². The Balaban J connectivity index is 1.42. The summed E-state index contributed by atoms with van der Waals surface area (Å²) in [6.07, 6.45) is -0.262. The third-order valence-electron chi connectivity index (χ3n) is 6.73. The normalized spacial score (nSPS) is 20.4. The molecule has 2 aromatic carbocycles. The monoisotopic (exact) mass is 466 g/mol. The number of hydrogen-bond acceptors (Lipinski definition) is 5. The zero-order chi connectivity index (χ0) is 24.5. The number of nitrogens with one attached hydrogen (secondary N) is 1. The van der Waals surface area contributed by atoms with Crippen molar-refractivity contribution in [3.63, 3.8) is 0 Å². The molecule has 2 aromatic rings. The zero-order valence-corrected chi connectivity index (χ0v) is 19.4. The molecule has 3 N–H and O–H groups in total. The standard InChI is InChI=1S/C26H30N2O6/c1-16(2)22(23(29)28-13-7-12-26(33,15-28)24(30)31)27-25(32)34-14-21-19-10-5-3-8-17(19)18-9-4-6-11-20(18)21/h3-6,8-11,16,21-22,33H,7,12-15H2,1-2H3,(H,27,32)(H,30,31)/t22-,26?/m0/s1. The van der Waals surface area contributed by atoms with Gasteiger partial charge in [0.15, 0.2) is 5.60 Å². The van der Waals surface area contributed by atoms with Crippen molar-refractivity contribution in [2.24, 2.45) is 5.92 Å². The number of ether oxygens (including phenoxy) is 1. The van der Waals surface area contributed by atoms with Crippen LogP contribution in [0.1, 0.15) is 43.7 Å². The van der Waals surface area contributed by atoms with Crippen molar-refractivity contribution in [2.75, 3.05) is 19.7 Å². The van der Waals surface area contributed by atoms with Crippen molar-refractivity contribution in [2.45, 2.75) is 44.2 Å². The molecule has 1 heterocycles. The fraction of sp³-hybridized carbons (Fsp3) is 0.423. The molecule has 180 valence electrons. The van der Waals surface area contributed by atoms with Crippen molar-refractivity contribution in [3.05, 3.63) is 59.7 Å². The topological polar surface area (TPSA) is 116 Å². The van der Waals surface area contributed by atoms with Gasteiger partial charge < -0.3 is 25.2 Å². The molecular formula is C26H30N2O6. The van der Waals surface area contributed by atoms with Crippen LogP contribution in [0.5, 0.6) is 0 Å². The lowest BCUT2D eigenvalue weighted by Crippen LogP contribution is -2.59. The summed E-state index contributed by atoms with van der Waals surface area (Å²) in [4.78, 5) is 38.6. The molecule has 1 unspecified atom stereocenters. The Morgan fingerprint density at radius 2 is 1.68 bits per heavy atom. The summed E-state index contributed by atoms with van der Waals surface area (Å²) in [5.41, 5.74) is 2.46. The number of nitrogens with zero attached hydrogens (tertiary/aromatic N) is 1. The minimum absolute atomic E-state index is 0.0816. The van der Waals surface area contributed by atoms with E-state index in [0.717, 1.165) is 22.3 Å². The zero-order valence-electron chi connectivity index (χ0n) is 19.4. The molecule has 2 amide bonds. The van der Waals surface area contributed by atoms with Crippen LogP contribution in [0.2, 0.25) is 0 Å². The van der Waals surface area contributed by atoms with Crippen molar-refractivity contribution in [3.8, 4) is 11.1 Å². The number of aliphatic carboxylic acids is 1. The first-order valence-electron chi connectivity index (χ1n) is 11.6. The maximum Gasteiger partial charge on any atom is 0.407 e. The van der Waals surface area contributed by atoms with E-state index in [1.54, 1.807) is 13.8 Å². The molecule has 0 bridgehead atoms. The Bertz CT molecular complexity index is 1050. The van der Waals surface area contributed by atoms with E-state index in [2.05, 4.69) is 17.4 Å². The summed E-state index contributed by atoms with van der Waals surface area (Å²) in [7, 11) is 0. The van der Waals surface area contributed by atoms with Gasteiger partial charge in [-0.1, -0.05) is 62.4 Å². The summed E-state index contributed by atoms with van der Waals surface area (Å²) in [6, 6.07) is 15.2. The van der Waals surface area contributed by atoms with Crippen molar-refractivity contribution < 1.29 is 29.3 Å². The number of alkyl carbamates (subject to hydrolysis) is 1. The van der Waals surface area contributed by atoms with Crippen LogP contribution in [0.4, 0.5) is 4.79 Å². The lowest BCUT2D eigenvalue weighted by Gasteiger charge is -2.38. The van der Waals surface area contributed by atoms with Gasteiger partial charge in [-0.2, -0.15) is 0 Å². The minimum Gasteiger partial charge on any atom is -0.479 e. The molecule has 2 atom stereocenters. The first-order chi connectivity index (χ1) is 16.2. The number of rotatable bonds is 6. The molecule has 0 saturated carbocycles. The minimum atomic E-state index is -1.97. The number of likely N-dealkylation sites (tertiary alicyclic amines) is 1. The Kier molecular flexibility index (Phi) is 6.61. The fourth-order valence-corrected chi connectivity index (χ4v) is 4.88. The van der Waals surface area contributed by atoms with E-state index < -0.39 is 29.6 Å². The summed E-state index contributed by atoms with van der Waals surface area (Å²) in [5.74, 6) is -2.13. The van der Waals surface area contributed by atoms with Gasteiger partial charge in [-0.3, -0.25) is 4.79 Å². The van der Waals surface area contributed by atoms with E-state index in [-0.39, 0.29) is 31.4 Å². The number of carboxylic acids is 1. The predicted molar refractivity (Wildman–Crippen MR) is 125 cm³/mol. The van der Waals surface area contributed by atoms with E-state index in [9.17, 15) is 24.6 Å². The lowest BCUT2D eigenvalue weighted by atomic mass is 9.91. The first kappa shape index (κ1) is 23.8. The number of carboxylic acid groups (broad SMARTS) is 1. The molecule has 1 fully saturated rings. The molecular weight excluding hydrogens is 436 g/mol. The van der Waals surface area contributed by atoms with Gasteiger partial charge >= 0.3 is 12.1 Å². The molecule has 0 aromatic heterocycles. The maximum absolute atomic E-state index is 13.1. The third-order valence-corrected chi connectivity index (χ3v) is 6.73. The Hall–Kier alpha value is -3.39. The summed E-state index contributed by atoms with van der Waals surface area (Å²) in [6.45, 7) is 3.72. The molecule has 0 radical (unpaired) electrons. The summed E-state index contributed by atoms with van der Waals surface area (Å²) in [5, 5.41) is 22.3. The van der Waals surface area contributed by atoms with Crippen molar-refractivity contribution in [1.82, 2.24) is 10.2 Å². The Morgan fingerprint density at radius 3 is 2.24 bits per heavy atom. The van der Waals surface area contributed by atoms with Crippen LogP contribution in [0, 0.1) is 5.92 Å². The molecule has 1 aliphatic heterocycles. The second kappa shape index (κ2) is 9.46. The second-order valence-electron chi connectivity index (χ2n) is 9.39. The third kappa shape index (κ3) is 4.50. The van der Waals surface area contributed by atoms with E-state index in [1.165, 1.54) is 4.90 Å². The smallest absolute Gasteiger partial charge is 0.407 e. The molecule has 34 heavy (non-hydrogen) atoms. The number of amides is 2. The number of carbonyl (C=O) groups excluding carboxylic acids is 2. The van der Waals surface area contributed by atoms with Crippen LogP contribution in [0.3, 0.4) is 0 Å². The Morgan fingerprint density at radius 1 is 1.09 bits per heavy atom. The van der Waals surface area contributed by atoms with Crippen LogP contribution in [-0.4, -0.2) is 64.4 Å². The largest absolute Gasteiger partial charge is 0.479 e. The van der Waals surface area contributed by atoms with Gasteiger partial charge in [0, 0.05) is 12.5 Å². The van der Waals surface area contributed by atoms with Crippen LogP contribution in [-0.2, 0) is 14.3 Å². The van der Waals surface area contributed by atoms with Gasteiger partial charge in [0.05, 0.1) is 6.54 Å². The van der Waals surface area contributed by atoms with Gasteiger partial charge in [-0.15, -0.1) is 0 Å². The van der Waals surface area contributed by atoms with E-state index >= 15 is 0 Å². The number of carbonyl (C=O) groups is 3. The molecule has 8 heteroatoms. The predicted octanol–water partition coefficient (Wildman–Crippen LogP) is 2.99. The average molecular weight is 467 g/mol. The highest BCUT2D eigenvalue weighted by Gasteiger charge is 2.43. The molecule has 1 saturated heterocycles. The maximum atomic E-state index is 13.1. The molecule has 0 spiro atoms. The molecule has 2 aliphatic rings.